The zero-order valence-electron chi connectivity index (χ0n) is 15.1. The molecule has 0 saturated heterocycles. The molecule has 2 aliphatic carbocycles. The molecule has 0 N–H and O–H groups in total. The van der Waals surface area contributed by atoms with Gasteiger partial charge in [0.15, 0.2) is 0 Å². The van der Waals surface area contributed by atoms with Crippen LogP contribution in [0.5, 0.6) is 0 Å². The summed E-state index contributed by atoms with van der Waals surface area (Å²) in [5.74, 6) is 0. The molecular weight excluding hydrogens is 490 g/mol. The molecule has 0 aromatic carbocycles. The summed E-state index contributed by atoms with van der Waals surface area (Å²) in [5, 5.41) is 0. The van der Waals surface area contributed by atoms with E-state index < -0.39 is 22.9 Å². The van der Waals surface area contributed by atoms with Crippen LogP contribution in [0, 0.1) is 0 Å². The largest absolute Gasteiger partial charge is 1.00 e. The van der Waals surface area contributed by atoms with Crippen LogP contribution in [0.15, 0.2) is 41.1 Å². The minimum atomic E-state index is -0.841. The third-order valence-corrected chi connectivity index (χ3v) is 11.8. The maximum atomic E-state index is 2.54. The zero-order chi connectivity index (χ0) is 15.2. The van der Waals surface area contributed by atoms with E-state index in [1.807, 2.05) is 6.66 Å². The van der Waals surface area contributed by atoms with Crippen LogP contribution in [-0.2, 0) is 22.9 Å². The van der Waals surface area contributed by atoms with Crippen molar-refractivity contribution in [2.24, 2.45) is 0 Å². The van der Waals surface area contributed by atoms with Gasteiger partial charge in [0.05, 0.1) is 0 Å². The normalized spacial score (nSPS) is 16.7. The second-order valence-electron chi connectivity index (χ2n) is 6.51. The Morgan fingerprint density at radius 3 is 1.52 bits per heavy atom. The fraction of sp³-hybridized carbons (Fsp3) is 0.600. The summed E-state index contributed by atoms with van der Waals surface area (Å²) in [5.41, 5.74) is 6.87. The third kappa shape index (κ3) is 6.33. The second-order valence-corrected chi connectivity index (χ2v) is 11.0. The van der Waals surface area contributed by atoms with E-state index in [4.69, 9.17) is 0 Å². The molecule has 0 unspecified atom stereocenters. The number of rotatable bonds is 8. The summed E-state index contributed by atoms with van der Waals surface area (Å²) < 4.78 is 3.73. The van der Waals surface area contributed by atoms with Crippen molar-refractivity contribution in [2.75, 3.05) is 0 Å². The van der Waals surface area contributed by atoms with Crippen LogP contribution < -0.4 is 24.8 Å². The molecule has 2 rings (SSSR count). The van der Waals surface area contributed by atoms with E-state index in [0.29, 0.717) is 0 Å². The molecule has 128 valence electrons. The van der Waals surface area contributed by atoms with Crippen molar-refractivity contribution in [3.8, 4) is 0 Å². The predicted molar refractivity (Wildman–Crippen MR) is 89.9 cm³/mol. The van der Waals surface area contributed by atoms with Crippen LogP contribution in [0.3, 0.4) is 0 Å². The molecule has 0 fully saturated rings. The van der Waals surface area contributed by atoms with Crippen molar-refractivity contribution < 1.29 is 47.7 Å². The van der Waals surface area contributed by atoms with Gasteiger partial charge >= 0.3 is 143 Å². The molecule has 23 heavy (non-hydrogen) atoms. The van der Waals surface area contributed by atoms with E-state index >= 15 is 0 Å². The van der Waals surface area contributed by atoms with Crippen LogP contribution in [0.2, 0.25) is 0 Å². The SMILES string of the molecule is CCCCC1=CCC(C)=[C]1[Hf+2][C]1=C(C)CC=C1CCCC.[Cl-].[Cl-]. The van der Waals surface area contributed by atoms with Gasteiger partial charge < -0.3 is 24.8 Å². The Labute approximate surface area is 167 Å². The van der Waals surface area contributed by atoms with Gasteiger partial charge in [0.1, 0.15) is 0 Å². The standard InChI is InChI=1S/2C10H15.2ClH.Hf/c2*1-3-4-5-10-7-6-9(2)8-10;;;/h2*7H,3-6H2,1-2H3;2*1H;/q;;;;+2/p-2. The Balaban J connectivity index is 0.00000242. The molecule has 2 aliphatic rings. The summed E-state index contributed by atoms with van der Waals surface area (Å²) in [4.78, 5) is 0. The minimum absolute atomic E-state index is 0. The number of hydrogen-bond donors (Lipinski definition) is 0. The summed E-state index contributed by atoms with van der Waals surface area (Å²) >= 11 is -0.841. The first-order valence-corrected chi connectivity index (χ1v) is 12.3. The van der Waals surface area contributed by atoms with Gasteiger partial charge in [0.2, 0.25) is 0 Å². The average Bonchev–Trinajstić information content (AvgIpc) is 3.00. The van der Waals surface area contributed by atoms with Crippen LogP contribution in [0.4, 0.5) is 0 Å². The molecule has 0 nitrogen and oxygen atoms in total. The summed E-state index contributed by atoms with van der Waals surface area (Å²) in [6.45, 7) is 9.39. The molecule has 0 spiro atoms. The van der Waals surface area contributed by atoms with Crippen molar-refractivity contribution >= 4 is 0 Å². The topological polar surface area (TPSA) is 0 Å². The smallest absolute Gasteiger partial charge is 1.00 e. The molecule has 3 heteroatoms. The van der Waals surface area contributed by atoms with Gasteiger partial charge in [-0.2, -0.15) is 0 Å². The average molecular weight is 520 g/mol. The van der Waals surface area contributed by atoms with Gasteiger partial charge in [0.25, 0.3) is 0 Å². The Morgan fingerprint density at radius 1 is 0.783 bits per heavy atom. The molecule has 0 heterocycles. The first-order chi connectivity index (χ1) is 10.2. The van der Waals surface area contributed by atoms with Gasteiger partial charge in [-0.15, -0.1) is 0 Å². The minimum Gasteiger partial charge on any atom is -1.00 e. The molecule has 0 radical (unpaired) electrons. The van der Waals surface area contributed by atoms with Gasteiger partial charge in [-0.25, -0.2) is 0 Å². The molecule has 0 amide bonds. The Morgan fingerprint density at radius 2 is 1.17 bits per heavy atom. The molecule has 0 bridgehead atoms. The second kappa shape index (κ2) is 11.9. The van der Waals surface area contributed by atoms with Crippen LogP contribution in [-0.4, -0.2) is 0 Å². The first-order valence-electron chi connectivity index (χ1n) is 8.72. The molecule has 0 aromatic rings. The van der Waals surface area contributed by atoms with Gasteiger partial charge in [-0.05, 0) is 0 Å². The summed E-state index contributed by atoms with van der Waals surface area (Å²) in [6, 6.07) is 0. The Hall–Kier alpha value is 0.410. The summed E-state index contributed by atoms with van der Waals surface area (Å²) in [7, 11) is 0. The van der Waals surface area contributed by atoms with Crippen LogP contribution >= 0.6 is 0 Å². The maximum absolute atomic E-state index is 2.54. The molecular formula is C20H30Cl2Hf. The number of halogens is 2. The van der Waals surface area contributed by atoms with Gasteiger partial charge in [0, 0.05) is 0 Å². The third-order valence-electron chi connectivity index (χ3n) is 4.65. The van der Waals surface area contributed by atoms with Crippen molar-refractivity contribution in [3.05, 3.63) is 41.1 Å². The van der Waals surface area contributed by atoms with Crippen molar-refractivity contribution in [1.82, 2.24) is 0 Å². The van der Waals surface area contributed by atoms with Gasteiger partial charge in [-0.3, -0.25) is 0 Å². The fourth-order valence-electron chi connectivity index (χ4n) is 3.20. The van der Waals surface area contributed by atoms with E-state index in [9.17, 15) is 0 Å². The maximum Gasteiger partial charge on any atom is -1.00 e. The Kier molecular flexibility index (Phi) is 12.1. The molecule has 0 aliphatic heterocycles. The number of unbranched alkanes of at least 4 members (excludes halogenated alkanes) is 2. The zero-order valence-corrected chi connectivity index (χ0v) is 20.2. The predicted octanol–water partition coefficient (Wildman–Crippen LogP) is 0.666. The fourth-order valence-corrected chi connectivity index (χ4v) is 9.15. The quantitative estimate of drug-likeness (QED) is 0.414. The number of hydrogen-bond acceptors (Lipinski definition) is 0. The Bertz CT molecular complexity index is 464. The number of allylic oxidation sites excluding steroid dienone is 8. The molecule has 0 atom stereocenters. The van der Waals surface area contributed by atoms with Crippen LogP contribution in [0.1, 0.15) is 79.1 Å². The van der Waals surface area contributed by atoms with E-state index in [1.54, 1.807) is 22.3 Å². The van der Waals surface area contributed by atoms with Crippen molar-refractivity contribution in [1.29, 1.82) is 0 Å². The van der Waals surface area contributed by atoms with E-state index in [2.05, 4.69) is 39.8 Å². The van der Waals surface area contributed by atoms with E-state index in [-0.39, 0.29) is 24.8 Å². The van der Waals surface area contributed by atoms with Crippen molar-refractivity contribution in [3.63, 3.8) is 0 Å². The molecule has 0 aromatic heterocycles. The van der Waals surface area contributed by atoms with Gasteiger partial charge in [-0.1, -0.05) is 0 Å². The van der Waals surface area contributed by atoms with Crippen LogP contribution in [0.25, 0.3) is 0 Å². The molecule has 0 saturated carbocycles. The van der Waals surface area contributed by atoms with E-state index in [0.717, 1.165) is 0 Å². The summed E-state index contributed by atoms with van der Waals surface area (Å²) in [6.07, 6.45) is 15.6. The first kappa shape index (κ1) is 23.4. The van der Waals surface area contributed by atoms with Crippen molar-refractivity contribution in [2.45, 2.75) is 79.1 Å². The van der Waals surface area contributed by atoms with E-state index in [1.165, 1.54) is 51.4 Å². The monoisotopic (exact) mass is 520 g/mol.